The first kappa shape index (κ1) is 21.6. The number of nitrogens with zero attached hydrogens (tertiary/aromatic N) is 1. The highest BCUT2D eigenvalue weighted by molar-refractivity contribution is 6.31. The molecule has 0 aliphatic heterocycles. The minimum Gasteiger partial charge on any atom is -0.455 e. The van der Waals surface area contributed by atoms with E-state index < -0.39 is 11.5 Å². The van der Waals surface area contributed by atoms with Crippen molar-refractivity contribution in [1.29, 1.82) is 0 Å². The van der Waals surface area contributed by atoms with Crippen molar-refractivity contribution < 1.29 is 9.53 Å². The molecule has 0 radical (unpaired) electrons. The van der Waals surface area contributed by atoms with E-state index in [0.29, 0.717) is 38.6 Å². The normalized spacial score (nSPS) is 10.6. The van der Waals surface area contributed by atoms with E-state index in [1.807, 2.05) is 18.2 Å². The Morgan fingerprint density at radius 1 is 0.969 bits per heavy atom. The summed E-state index contributed by atoms with van der Waals surface area (Å²) in [5.74, 6) is 1.03. The molecule has 0 atom stereocenters. The van der Waals surface area contributed by atoms with E-state index in [4.69, 9.17) is 27.9 Å². The number of H-pyrrole nitrogens is 1. The number of anilines is 1. The van der Waals surface area contributed by atoms with Crippen LogP contribution >= 0.6 is 23.2 Å². The van der Waals surface area contributed by atoms with Crippen LogP contribution < -0.4 is 15.6 Å². The SMILES string of the molecule is O=C(Cc1cnc(-c2ccc(Cl)cc2)[nH]c1=O)Nc1cc(Cl)ccc1Oc1ccccc1. The molecule has 6 nitrogen and oxygen atoms in total. The highest BCUT2D eigenvalue weighted by Crippen LogP contribution is 2.32. The quantitative estimate of drug-likeness (QED) is 0.381. The topological polar surface area (TPSA) is 84.1 Å². The molecule has 0 fully saturated rings. The third-order valence-corrected chi connectivity index (χ3v) is 5.02. The third-order valence-electron chi connectivity index (χ3n) is 4.53. The minimum atomic E-state index is -0.406. The molecule has 0 aliphatic rings. The van der Waals surface area contributed by atoms with E-state index in [1.165, 1.54) is 6.20 Å². The number of ether oxygens (including phenoxy) is 1. The van der Waals surface area contributed by atoms with Gasteiger partial charge in [-0.15, -0.1) is 0 Å². The maximum Gasteiger partial charge on any atom is 0.254 e. The summed E-state index contributed by atoms with van der Waals surface area (Å²) in [5, 5.41) is 3.78. The first-order chi connectivity index (χ1) is 15.5. The van der Waals surface area contributed by atoms with Crippen LogP contribution in [0.1, 0.15) is 5.56 Å². The number of amides is 1. The Hall–Kier alpha value is -3.61. The predicted molar refractivity (Wildman–Crippen MR) is 126 cm³/mol. The van der Waals surface area contributed by atoms with Crippen molar-refractivity contribution in [2.45, 2.75) is 6.42 Å². The van der Waals surface area contributed by atoms with Crippen LogP contribution in [-0.2, 0) is 11.2 Å². The second-order valence-electron chi connectivity index (χ2n) is 6.87. The van der Waals surface area contributed by atoms with Gasteiger partial charge in [0.15, 0.2) is 5.75 Å². The largest absolute Gasteiger partial charge is 0.455 e. The number of para-hydroxylation sites is 1. The molecule has 0 saturated carbocycles. The lowest BCUT2D eigenvalue weighted by Crippen LogP contribution is -2.22. The van der Waals surface area contributed by atoms with Crippen molar-refractivity contribution in [1.82, 2.24) is 9.97 Å². The number of rotatable bonds is 6. The second-order valence-corrected chi connectivity index (χ2v) is 7.75. The van der Waals surface area contributed by atoms with Crippen LogP contribution in [0.4, 0.5) is 5.69 Å². The number of carbonyl (C=O) groups is 1. The van der Waals surface area contributed by atoms with Gasteiger partial charge >= 0.3 is 0 Å². The molecule has 0 spiro atoms. The summed E-state index contributed by atoms with van der Waals surface area (Å²) in [6, 6.07) is 21.0. The fourth-order valence-electron chi connectivity index (χ4n) is 2.97. The molecular formula is C24H17Cl2N3O3. The van der Waals surface area contributed by atoms with E-state index in [1.54, 1.807) is 54.6 Å². The van der Waals surface area contributed by atoms with E-state index in [-0.39, 0.29) is 12.0 Å². The van der Waals surface area contributed by atoms with Crippen molar-refractivity contribution in [3.05, 3.63) is 105 Å². The second kappa shape index (κ2) is 9.68. The van der Waals surface area contributed by atoms with E-state index >= 15 is 0 Å². The average Bonchev–Trinajstić information content (AvgIpc) is 2.78. The van der Waals surface area contributed by atoms with Crippen molar-refractivity contribution in [2.75, 3.05) is 5.32 Å². The van der Waals surface area contributed by atoms with Crippen molar-refractivity contribution >= 4 is 34.8 Å². The van der Waals surface area contributed by atoms with Crippen LogP contribution in [0.2, 0.25) is 10.0 Å². The van der Waals surface area contributed by atoms with Crippen molar-refractivity contribution in [3.8, 4) is 22.9 Å². The molecule has 1 heterocycles. The zero-order valence-corrected chi connectivity index (χ0v) is 18.2. The van der Waals surface area contributed by atoms with Crippen LogP contribution in [0.15, 0.2) is 83.8 Å². The number of nitrogens with one attached hydrogen (secondary N) is 2. The molecule has 1 aromatic heterocycles. The van der Waals surface area contributed by atoms with Gasteiger partial charge in [0.25, 0.3) is 5.56 Å². The number of hydrogen-bond acceptors (Lipinski definition) is 4. The standard InChI is InChI=1S/C24H17Cl2N3O3/c25-17-8-6-15(7-9-17)23-27-14-16(24(31)29-23)12-22(30)28-20-13-18(26)10-11-21(20)32-19-4-2-1-3-5-19/h1-11,13-14H,12H2,(H,28,30)(H,27,29,31). The highest BCUT2D eigenvalue weighted by atomic mass is 35.5. The van der Waals surface area contributed by atoms with Crippen LogP contribution in [0.5, 0.6) is 11.5 Å². The molecule has 32 heavy (non-hydrogen) atoms. The zero-order valence-electron chi connectivity index (χ0n) is 16.6. The number of halogens is 2. The molecule has 4 rings (SSSR count). The molecule has 1 amide bonds. The van der Waals surface area contributed by atoms with E-state index in [9.17, 15) is 9.59 Å². The smallest absolute Gasteiger partial charge is 0.254 e. The minimum absolute atomic E-state index is 0.166. The van der Waals surface area contributed by atoms with E-state index in [0.717, 1.165) is 0 Å². The summed E-state index contributed by atoms with van der Waals surface area (Å²) in [6.45, 7) is 0. The van der Waals surface area contributed by atoms with Gasteiger partial charge in [-0.05, 0) is 54.6 Å². The van der Waals surface area contributed by atoms with Crippen LogP contribution in [0.25, 0.3) is 11.4 Å². The Morgan fingerprint density at radius 2 is 1.69 bits per heavy atom. The van der Waals surface area contributed by atoms with Crippen molar-refractivity contribution in [3.63, 3.8) is 0 Å². The predicted octanol–water partition coefficient (Wildman–Crippen LogP) is 5.72. The van der Waals surface area contributed by atoms with Crippen LogP contribution in [0.3, 0.4) is 0 Å². The summed E-state index contributed by atoms with van der Waals surface area (Å²) >= 11 is 12.0. The third kappa shape index (κ3) is 5.35. The maximum absolute atomic E-state index is 12.6. The number of hydrogen-bond donors (Lipinski definition) is 2. The average molecular weight is 466 g/mol. The number of carbonyl (C=O) groups excluding carboxylic acids is 1. The molecule has 0 aliphatic carbocycles. The number of benzene rings is 3. The van der Waals surface area contributed by atoms with Gasteiger partial charge in [0.1, 0.15) is 11.6 Å². The van der Waals surface area contributed by atoms with Gasteiger partial charge in [-0.1, -0.05) is 41.4 Å². The lowest BCUT2D eigenvalue weighted by Gasteiger charge is -2.13. The summed E-state index contributed by atoms with van der Waals surface area (Å²) < 4.78 is 5.85. The molecule has 4 aromatic rings. The van der Waals surface area contributed by atoms with Gasteiger partial charge < -0.3 is 15.0 Å². The van der Waals surface area contributed by atoms with Crippen LogP contribution in [-0.4, -0.2) is 15.9 Å². The molecule has 160 valence electrons. The Balaban J connectivity index is 1.50. The fraction of sp³-hybridized carbons (Fsp3) is 0.0417. The van der Waals surface area contributed by atoms with Crippen LogP contribution in [0, 0.1) is 0 Å². The van der Waals surface area contributed by atoms with Gasteiger partial charge in [0.2, 0.25) is 5.91 Å². The molecule has 8 heteroatoms. The van der Waals surface area contributed by atoms with Crippen molar-refractivity contribution in [2.24, 2.45) is 0 Å². The van der Waals surface area contributed by atoms with Gasteiger partial charge in [-0.25, -0.2) is 4.98 Å². The Kier molecular flexibility index (Phi) is 6.54. The summed E-state index contributed by atoms with van der Waals surface area (Å²) in [7, 11) is 0. The van der Waals surface area contributed by atoms with E-state index in [2.05, 4.69) is 15.3 Å². The lowest BCUT2D eigenvalue weighted by atomic mass is 10.2. The highest BCUT2D eigenvalue weighted by Gasteiger charge is 2.13. The molecule has 2 N–H and O–H groups in total. The Labute approximate surface area is 193 Å². The van der Waals surface area contributed by atoms with Gasteiger partial charge in [0, 0.05) is 27.4 Å². The van der Waals surface area contributed by atoms with Gasteiger partial charge in [0.05, 0.1) is 12.1 Å². The monoisotopic (exact) mass is 465 g/mol. The molecule has 0 unspecified atom stereocenters. The maximum atomic E-state index is 12.6. The summed E-state index contributed by atoms with van der Waals surface area (Å²) in [6.07, 6.45) is 1.22. The molecule has 0 saturated heterocycles. The zero-order chi connectivity index (χ0) is 22.5. The molecule has 3 aromatic carbocycles. The Bertz CT molecular complexity index is 1310. The summed E-state index contributed by atoms with van der Waals surface area (Å²) in [4.78, 5) is 32.1. The van der Waals surface area contributed by atoms with Gasteiger partial charge in [-0.2, -0.15) is 0 Å². The van der Waals surface area contributed by atoms with Gasteiger partial charge in [-0.3, -0.25) is 9.59 Å². The Morgan fingerprint density at radius 3 is 2.41 bits per heavy atom. The summed E-state index contributed by atoms with van der Waals surface area (Å²) in [5.41, 5.74) is 0.942. The lowest BCUT2D eigenvalue weighted by molar-refractivity contribution is -0.115. The molecular weight excluding hydrogens is 449 g/mol. The number of aromatic amines is 1. The first-order valence-electron chi connectivity index (χ1n) is 9.64. The number of aromatic nitrogens is 2. The molecule has 0 bridgehead atoms. The first-order valence-corrected chi connectivity index (χ1v) is 10.4. The fourth-order valence-corrected chi connectivity index (χ4v) is 3.27.